The second-order valence-corrected chi connectivity index (χ2v) is 7.95. The first-order valence-electron chi connectivity index (χ1n) is 10.4. The van der Waals surface area contributed by atoms with Crippen molar-refractivity contribution in [3.05, 3.63) is 65.7 Å². The zero-order chi connectivity index (χ0) is 24.5. The zero-order valence-electron chi connectivity index (χ0n) is 17.8. The quantitative estimate of drug-likeness (QED) is 0.491. The Morgan fingerprint density at radius 1 is 1.12 bits per heavy atom. The average Bonchev–Trinajstić information content (AvgIpc) is 2.79. The molecule has 0 unspecified atom stereocenters. The van der Waals surface area contributed by atoms with Gasteiger partial charge in [0.25, 0.3) is 5.91 Å². The topological polar surface area (TPSA) is 104 Å². The minimum absolute atomic E-state index is 0.0451. The molecule has 4 rings (SSSR count). The van der Waals surface area contributed by atoms with Crippen molar-refractivity contribution in [2.45, 2.75) is 25.1 Å². The molecule has 1 aromatic heterocycles. The number of aromatic nitrogens is 2. The number of anilines is 3. The van der Waals surface area contributed by atoms with E-state index < -0.39 is 29.6 Å². The van der Waals surface area contributed by atoms with Crippen molar-refractivity contribution >= 4 is 23.2 Å². The maximum Gasteiger partial charge on any atom is 0.416 e. The Morgan fingerprint density at radius 2 is 1.85 bits per heavy atom. The van der Waals surface area contributed by atoms with Gasteiger partial charge in [-0.2, -0.15) is 13.2 Å². The van der Waals surface area contributed by atoms with Crippen molar-refractivity contribution in [1.82, 2.24) is 9.97 Å². The Hall–Kier alpha value is -3.73. The number of nitrogens with two attached hydrogens (primary N) is 1. The van der Waals surface area contributed by atoms with Gasteiger partial charge in [0, 0.05) is 31.0 Å². The van der Waals surface area contributed by atoms with Gasteiger partial charge in [-0.1, -0.05) is 6.07 Å². The van der Waals surface area contributed by atoms with Crippen LogP contribution in [-0.2, 0) is 6.18 Å². The molecule has 1 amide bonds. The first kappa shape index (κ1) is 23.4. The number of halogens is 4. The number of nitrogens with zero attached hydrogens (tertiary/aromatic N) is 3. The Balaban J connectivity index is 1.69. The van der Waals surface area contributed by atoms with Crippen LogP contribution >= 0.6 is 0 Å². The van der Waals surface area contributed by atoms with Gasteiger partial charge in [0.15, 0.2) is 0 Å². The largest absolute Gasteiger partial charge is 0.416 e. The predicted molar refractivity (Wildman–Crippen MR) is 119 cm³/mol. The van der Waals surface area contributed by atoms with Crippen LogP contribution in [0.5, 0.6) is 0 Å². The number of rotatable bonds is 4. The number of aliphatic hydroxyl groups is 1. The van der Waals surface area contributed by atoms with E-state index in [1.165, 1.54) is 30.6 Å². The van der Waals surface area contributed by atoms with Crippen LogP contribution in [0.25, 0.3) is 11.1 Å². The van der Waals surface area contributed by atoms with Gasteiger partial charge in [-0.15, -0.1) is 0 Å². The van der Waals surface area contributed by atoms with Gasteiger partial charge in [-0.3, -0.25) is 4.79 Å². The normalized spacial score (nSPS) is 16.4. The molecule has 34 heavy (non-hydrogen) atoms. The SMILES string of the molecule is Nc1ncc(-c2ccc(F)c(C(=O)Nc3cc(C(F)(F)F)ccc3N3CCC[C@@H](O)C3)c2)cn1. The molecular weight excluding hydrogens is 454 g/mol. The third-order valence-corrected chi connectivity index (χ3v) is 5.53. The highest BCUT2D eigenvalue weighted by molar-refractivity contribution is 6.06. The molecule has 0 radical (unpaired) electrons. The minimum atomic E-state index is -4.64. The Morgan fingerprint density at radius 3 is 2.53 bits per heavy atom. The summed E-state index contributed by atoms with van der Waals surface area (Å²) < 4.78 is 54.6. The van der Waals surface area contributed by atoms with E-state index in [-0.39, 0.29) is 23.7 Å². The van der Waals surface area contributed by atoms with E-state index in [9.17, 15) is 27.5 Å². The summed E-state index contributed by atoms with van der Waals surface area (Å²) in [7, 11) is 0. The Bertz CT molecular complexity index is 1200. The minimum Gasteiger partial charge on any atom is -0.391 e. The Labute approximate surface area is 192 Å². The number of aliphatic hydroxyl groups excluding tert-OH is 1. The number of carbonyl (C=O) groups excluding carboxylic acids is 1. The number of β-amino-alcohol motifs (C(OH)–C–C–N with tert-alkyl or cyclic N) is 1. The molecule has 1 saturated heterocycles. The summed E-state index contributed by atoms with van der Waals surface area (Å²) in [6.07, 6.45) is -1.26. The molecule has 1 atom stereocenters. The molecule has 0 aliphatic carbocycles. The number of piperidine rings is 1. The highest BCUT2D eigenvalue weighted by Crippen LogP contribution is 2.37. The van der Waals surface area contributed by atoms with Crippen LogP contribution in [0, 0.1) is 5.82 Å². The number of amides is 1. The van der Waals surface area contributed by atoms with Crippen molar-refractivity contribution in [1.29, 1.82) is 0 Å². The predicted octanol–water partition coefficient (Wildman–Crippen LogP) is 4.10. The van der Waals surface area contributed by atoms with Crippen molar-refractivity contribution in [3.8, 4) is 11.1 Å². The molecule has 7 nitrogen and oxygen atoms in total. The lowest BCUT2D eigenvalue weighted by molar-refractivity contribution is -0.137. The lowest BCUT2D eigenvalue weighted by Gasteiger charge is -2.33. The van der Waals surface area contributed by atoms with Crippen LogP contribution in [0.1, 0.15) is 28.8 Å². The summed E-state index contributed by atoms with van der Waals surface area (Å²) in [5.74, 6) is -1.72. The average molecular weight is 475 g/mol. The maximum atomic E-state index is 14.5. The van der Waals surface area contributed by atoms with Crippen molar-refractivity contribution in [2.75, 3.05) is 29.0 Å². The highest BCUT2D eigenvalue weighted by Gasteiger charge is 2.32. The van der Waals surface area contributed by atoms with Gasteiger partial charge in [0.05, 0.1) is 28.6 Å². The molecule has 2 heterocycles. The number of alkyl halides is 3. The molecule has 1 aliphatic heterocycles. The van der Waals surface area contributed by atoms with E-state index >= 15 is 0 Å². The number of nitrogens with one attached hydrogen (secondary N) is 1. The third kappa shape index (κ3) is 5.09. The summed E-state index contributed by atoms with van der Waals surface area (Å²) in [6, 6.07) is 6.73. The fraction of sp³-hybridized carbons (Fsp3) is 0.261. The molecule has 11 heteroatoms. The second-order valence-electron chi connectivity index (χ2n) is 7.95. The fourth-order valence-electron chi connectivity index (χ4n) is 3.82. The molecule has 178 valence electrons. The van der Waals surface area contributed by atoms with Gasteiger partial charge in [0.2, 0.25) is 5.95 Å². The number of hydrogen-bond donors (Lipinski definition) is 3. The van der Waals surface area contributed by atoms with E-state index in [1.807, 2.05) is 0 Å². The van der Waals surface area contributed by atoms with Crippen molar-refractivity contribution in [3.63, 3.8) is 0 Å². The van der Waals surface area contributed by atoms with Gasteiger partial charge in [0.1, 0.15) is 5.82 Å². The van der Waals surface area contributed by atoms with E-state index in [0.29, 0.717) is 36.2 Å². The molecule has 1 fully saturated rings. The molecule has 3 aromatic rings. The maximum absolute atomic E-state index is 14.5. The van der Waals surface area contributed by atoms with Crippen LogP contribution in [0.15, 0.2) is 48.8 Å². The fourth-order valence-corrected chi connectivity index (χ4v) is 3.82. The number of carbonyl (C=O) groups is 1. The first-order valence-corrected chi connectivity index (χ1v) is 10.4. The number of benzene rings is 2. The van der Waals surface area contributed by atoms with Crippen LogP contribution in [0.2, 0.25) is 0 Å². The molecule has 0 saturated carbocycles. The van der Waals surface area contributed by atoms with Crippen LogP contribution in [0.4, 0.5) is 34.9 Å². The summed E-state index contributed by atoms with van der Waals surface area (Å²) in [6.45, 7) is 0.696. The molecule has 1 aliphatic rings. The van der Waals surface area contributed by atoms with E-state index in [2.05, 4.69) is 15.3 Å². The van der Waals surface area contributed by atoms with Crippen LogP contribution in [0.3, 0.4) is 0 Å². The van der Waals surface area contributed by atoms with Gasteiger partial charge < -0.3 is 21.1 Å². The summed E-state index contributed by atoms with van der Waals surface area (Å²) in [5.41, 5.74) is 5.23. The molecule has 0 spiro atoms. The third-order valence-electron chi connectivity index (χ3n) is 5.53. The van der Waals surface area contributed by atoms with Crippen molar-refractivity contribution in [2.24, 2.45) is 0 Å². The standard InChI is InChI=1S/C23H21F4N5O2/c24-18-5-3-13(14-10-29-22(28)30-11-14)8-17(18)21(34)31-19-9-15(23(25,26)27)4-6-20(19)32-7-1-2-16(33)12-32/h3-6,8-11,16,33H,1-2,7,12H2,(H,31,34)(H2,28,29,30)/t16-/m1/s1. The monoisotopic (exact) mass is 475 g/mol. The summed E-state index contributed by atoms with van der Waals surface area (Å²) in [5, 5.41) is 12.4. The molecule has 4 N–H and O–H groups in total. The lowest BCUT2D eigenvalue weighted by atomic mass is 10.0. The van der Waals surface area contributed by atoms with Gasteiger partial charge >= 0.3 is 6.18 Å². The molecule has 2 aromatic carbocycles. The zero-order valence-corrected chi connectivity index (χ0v) is 17.8. The van der Waals surface area contributed by atoms with E-state index in [1.54, 1.807) is 4.90 Å². The van der Waals surface area contributed by atoms with Gasteiger partial charge in [-0.25, -0.2) is 14.4 Å². The van der Waals surface area contributed by atoms with E-state index in [0.717, 1.165) is 18.2 Å². The highest BCUT2D eigenvalue weighted by atomic mass is 19.4. The van der Waals surface area contributed by atoms with Crippen molar-refractivity contribution < 1.29 is 27.5 Å². The summed E-state index contributed by atoms with van der Waals surface area (Å²) in [4.78, 5) is 22.4. The molecular formula is C23H21F4N5O2. The number of nitrogen functional groups attached to an aromatic ring is 1. The van der Waals surface area contributed by atoms with Crippen LogP contribution < -0.4 is 16.0 Å². The molecule has 0 bridgehead atoms. The summed E-state index contributed by atoms with van der Waals surface area (Å²) >= 11 is 0. The first-order chi connectivity index (χ1) is 16.1. The van der Waals surface area contributed by atoms with Gasteiger partial charge in [-0.05, 0) is 48.7 Å². The number of hydrogen-bond acceptors (Lipinski definition) is 6. The van der Waals surface area contributed by atoms with E-state index in [4.69, 9.17) is 5.73 Å². The van der Waals surface area contributed by atoms with Crippen LogP contribution in [-0.4, -0.2) is 40.2 Å². The smallest absolute Gasteiger partial charge is 0.391 e. The Kier molecular flexibility index (Phi) is 6.38. The second kappa shape index (κ2) is 9.26. The lowest BCUT2D eigenvalue weighted by Crippen LogP contribution is -2.38.